The van der Waals surface area contributed by atoms with Gasteiger partial charge in [0.15, 0.2) is 8.32 Å². The number of rotatable bonds is 2. The fourth-order valence-corrected chi connectivity index (χ4v) is 2.73. The Morgan fingerprint density at radius 3 is 2.29 bits per heavy atom. The van der Waals surface area contributed by atoms with E-state index in [-0.39, 0.29) is 0 Å². The molecule has 0 bridgehead atoms. The van der Waals surface area contributed by atoms with Crippen molar-refractivity contribution in [1.29, 1.82) is 0 Å². The minimum absolute atomic E-state index is 0.301. The van der Waals surface area contributed by atoms with Gasteiger partial charge < -0.3 is 4.43 Å². The van der Waals surface area contributed by atoms with E-state index in [4.69, 9.17) is 4.43 Å². The van der Waals surface area contributed by atoms with Crippen molar-refractivity contribution in [2.45, 2.75) is 64.4 Å². The van der Waals surface area contributed by atoms with Crippen molar-refractivity contribution >= 4 is 14.5 Å². The summed E-state index contributed by atoms with van der Waals surface area (Å²) in [7, 11) is -1.59. The molecule has 0 saturated heterocycles. The maximum atomic E-state index is 6.29. The van der Waals surface area contributed by atoms with Gasteiger partial charge in [-0.25, -0.2) is 0 Å². The van der Waals surface area contributed by atoms with Gasteiger partial charge in [-0.15, -0.1) is 0 Å². The number of nitrogens with zero attached hydrogens (tertiary/aromatic N) is 1. The lowest BCUT2D eigenvalue weighted by molar-refractivity contribution is 0.176. The molecule has 1 aliphatic rings. The van der Waals surface area contributed by atoms with Crippen molar-refractivity contribution in [3.63, 3.8) is 0 Å². The molecule has 0 aromatic heterocycles. The lowest BCUT2D eigenvalue weighted by Crippen LogP contribution is -2.45. The summed E-state index contributed by atoms with van der Waals surface area (Å²) >= 11 is 0. The van der Waals surface area contributed by atoms with Crippen LogP contribution in [0, 0.1) is 0 Å². The Balaban J connectivity index is 2.60. The minimum Gasteiger partial charge on any atom is -0.411 e. The molecule has 0 spiro atoms. The molecule has 0 amide bonds. The Morgan fingerprint density at radius 1 is 1.36 bits per heavy atom. The average molecular weight is 213 g/mol. The van der Waals surface area contributed by atoms with Crippen LogP contribution in [0.5, 0.6) is 0 Å². The molecule has 2 atom stereocenters. The molecule has 0 radical (unpaired) electrons. The Bertz CT molecular complexity index is 230. The molecule has 1 aliphatic heterocycles. The van der Waals surface area contributed by atoms with Gasteiger partial charge in [0.25, 0.3) is 0 Å². The molecule has 1 heterocycles. The van der Waals surface area contributed by atoms with Gasteiger partial charge >= 0.3 is 0 Å². The first kappa shape index (κ1) is 11.9. The Kier molecular flexibility index (Phi) is 3.22. The van der Waals surface area contributed by atoms with Gasteiger partial charge in [0.1, 0.15) is 0 Å². The second-order valence-electron chi connectivity index (χ2n) is 5.72. The van der Waals surface area contributed by atoms with Crippen LogP contribution in [-0.2, 0) is 4.43 Å². The fourth-order valence-electron chi connectivity index (χ4n) is 1.33. The van der Waals surface area contributed by atoms with Crippen LogP contribution < -0.4 is 0 Å². The minimum atomic E-state index is -1.59. The van der Waals surface area contributed by atoms with Gasteiger partial charge in [-0.05, 0) is 25.1 Å². The summed E-state index contributed by atoms with van der Waals surface area (Å²) in [5, 5.41) is 0.301. The normalized spacial score (nSPS) is 28.4. The third-order valence-corrected chi connectivity index (χ3v) is 7.97. The quantitative estimate of drug-likeness (QED) is 0.645. The summed E-state index contributed by atoms with van der Waals surface area (Å²) in [4.78, 5) is 4.36. The summed E-state index contributed by atoms with van der Waals surface area (Å²) < 4.78 is 6.29. The topological polar surface area (TPSA) is 21.6 Å². The standard InChI is InChI=1S/C11H23NOSi/c1-9-10(7-8-12-9)13-14(5,6)11(2,3)4/h8-10H,7H2,1-6H3/t9-,10+/m1/s1. The fraction of sp³-hybridized carbons (Fsp3) is 0.909. The smallest absolute Gasteiger partial charge is 0.192 e. The molecule has 0 N–H and O–H groups in total. The first-order valence-electron chi connectivity index (χ1n) is 5.43. The van der Waals surface area contributed by atoms with Gasteiger partial charge in [-0.2, -0.15) is 0 Å². The van der Waals surface area contributed by atoms with E-state index in [9.17, 15) is 0 Å². The zero-order chi connectivity index (χ0) is 11.0. The van der Waals surface area contributed by atoms with Crippen LogP contribution in [0.25, 0.3) is 0 Å². The van der Waals surface area contributed by atoms with Gasteiger partial charge in [0, 0.05) is 12.6 Å². The van der Waals surface area contributed by atoms with Crippen LogP contribution in [0.4, 0.5) is 0 Å². The van der Waals surface area contributed by atoms with E-state index >= 15 is 0 Å². The molecule has 0 saturated carbocycles. The van der Waals surface area contributed by atoms with Gasteiger partial charge in [0.05, 0.1) is 12.1 Å². The van der Waals surface area contributed by atoms with Crippen molar-refractivity contribution in [2.75, 3.05) is 0 Å². The Hall–Kier alpha value is -0.153. The van der Waals surface area contributed by atoms with Crippen LogP contribution in [0.2, 0.25) is 18.1 Å². The van der Waals surface area contributed by atoms with Crippen molar-refractivity contribution in [3.05, 3.63) is 0 Å². The van der Waals surface area contributed by atoms with E-state index in [1.807, 2.05) is 6.21 Å². The van der Waals surface area contributed by atoms with Crippen LogP contribution in [0.15, 0.2) is 4.99 Å². The number of hydrogen-bond acceptors (Lipinski definition) is 2. The third-order valence-electron chi connectivity index (χ3n) is 3.47. The van der Waals surface area contributed by atoms with Gasteiger partial charge in [-0.3, -0.25) is 4.99 Å². The van der Waals surface area contributed by atoms with E-state index in [2.05, 4.69) is 45.8 Å². The second-order valence-corrected chi connectivity index (χ2v) is 10.5. The van der Waals surface area contributed by atoms with Crippen LogP contribution >= 0.6 is 0 Å². The van der Waals surface area contributed by atoms with E-state index in [0.29, 0.717) is 17.2 Å². The molecular weight excluding hydrogens is 190 g/mol. The van der Waals surface area contributed by atoms with Gasteiger partial charge in [-0.1, -0.05) is 20.8 Å². The average Bonchev–Trinajstić information content (AvgIpc) is 2.33. The molecule has 1 rings (SSSR count). The predicted octanol–water partition coefficient (Wildman–Crippen LogP) is 3.24. The van der Waals surface area contributed by atoms with E-state index < -0.39 is 8.32 Å². The first-order valence-corrected chi connectivity index (χ1v) is 8.34. The molecule has 3 heteroatoms. The zero-order valence-corrected chi connectivity index (χ0v) is 11.3. The Labute approximate surface area is 88.9 Å². The SMILES string of the molecule is C[C@H]1N=CC[C@@H]1O[Si](C)(C)C(C)(C)C. The lowest BCUT2D eigenvalue weighted by Gasteiger charge is -2.39. The highest BCUT2D eigenvalue weighted by Crippen LogP contribution is 2.38. The number of hydrogen-bond donors (Lipinski definition) is 0. The molecule has 0 aliphatic carbocycles. The molecule has 0 unspecified atom stereocenters. The predicted molar refractivity (Wildman–Crippen MR) is 64.6 cm³/mol. The lowest BCUT2D eigenvalue weighted by atomic mass is 10.2. The van der Waals surface area contributed by atoms with E-state index in [0.717, 1.165) is 6.42 Å². The number of aliphatic imine (C=N–C) groups is 1. The van der Waals surface area contributed by atoms with E-state index in [1.165, 1.54) is 0 Å². The first-order chi connectivity index (χ1) is 6.24. The molecule has 2 nitrogen and oxygen atoms in total. The molecular formula is C11H23NOSi. The summed E-state index contributed by atoms with van der Waals surface area (Å²) in [6.07, 6.45) is 3.33. The monoisotopic (exact) mass is 213 g/mol. The zero-order valence-electron chi connectivity index (χ0n) is 10.3. The summed E-state index contributed by atoms with van der Waals surface area (Å²) in [6.45, 7) is 13.6. The van der Waals surface area contributed by atoms with Gasteiger partial charge in [0.2, 0.25) is 0 Å². The van der Waals surface area contributed by atoms with Crippen molar-refractivity contribution in [2.24, 2.45) is 4.99 Å². The van der Waals surface area contributed by atoms with Crippen LogP contribution in [0.3, 0.4) is 0 Å². The maximum absolute atomic E-state index is 6.29. The largest absolute Gasteiger partial charge is 0.411 e. The van der Waals surface area contributed by atoms with E-state index in [1.54, 1.807) is 0 Å². The molecule has 0 fully saturated rings. The molecule has 82 valence electrons. The maximum Gasteiger partial charge on any atom is 0.192 e. The second kappa shape index (κ2) is 3.78. The molecule has 0 aromatic rings. The highest BCUT2D eigenvalue weighted by Gasteiger charge is 2.40. The third kappa shape index (κ3) is 2.45. The van der Waals surface area contributed by atoms with Crippen LogP contribution in [-0.4, -0.2) is 26.7 Å². The summed E-state index contributed by atoms with van der Waals surface area (Å²) in [6, 6.07) is 0.351. The van der Waals surface area contributed by atoms with Crippen molar-refractivity contribution < 1.29 is 4.43 Å². The highest BCUT2D eigenvalue weighted by atomic mass is 28.4. The highest BCUT2D eigenvalue weighted by molar-refractivity contribution is 6.74. The summed E-state index contributed by atoms with van der Waals surface area (Å²) in [5.74, 6) is 0. The van der Waals surface area contributed by atoms with Crippen LogP contribution in [0.1, 0.15) is 34.1 Å². The van der Waals surface area contributed by atoms with Crippen molar-refractivity contribution in [3.8, 4) is 0 Å². The molecule has 0 aromatic carbocycles. The van der Waals surface area contributed by atoms with Crippen molar-refractivity contribution in [1.82, 2.24) is 0 Å². The molecule has 14 heavy (non-hydrogen) atoms. The summed E-state index contributed by atoms with van der Waals surface area (Å²) in [5.41, 5.74) is 0. The Morgan fingerprint density at radius 2 is 1.93 bits per heavy atom.